The minimum absolute atomic E-state index is 0.0683. The normalized spacial score (nSPS) is 52.0. The van der Waals surface area contributed by atoms with Crippen molar-refractivity contribution in [2.45, 2.75) is 216 Å². The van der Waals surface area contributed by atoms with E-state index in [0.717, 1.165) is 77.0 Å². The number of methoxy groups -OCH3 is 4. The number of hydrogen-bond donors (Lipinski definition) is 2. The first-order valence-corrected chi connectivity index (χ1v) is 30.1. The number of hydrogen-bond acceptors (Lipinski definition) is 10. The Kier molecular flexibility index (Phi) is 18.7. The van der Waals surface area contributed by atoms with Gasteiger partial charge in [-0.3, -0.25) is 14.4 Å². The third kappa shape index (κ3) is 9.49. The van der Waals surface area contributed by atoms with Crippen LogP contribution >= 0.6 is 0 Å². The van der Waals surface area contributed by atoms with E-state index >= 15 is 0 Å². The van der Waals surface area contributed by atoms with Crippen molar-refractivity contribution in [2.75, 3.05) is 35.2 Å². The van der Waals surface area contributed by atoms with Gasteiger partial charge in [0.1, 0.15) is 24.1 Å². The van der Waals surface area contributed by atoms with Crippen LogP contribution in [0.2, 0.25) is 0 Å². The fourth-order valence-electron chi connectivity index (χ4n) is 20.7. The first kappa shape index (κ1) is 63.3. The van der Waals surface area contributed by atoms with Crippen molar-refractivity contribution in [3.05, 3.63) is 37.2 Å². The number of ether oxygens (including phenoxy) is 5. The van der Waals surface area contributed by atoms with Crippen LogP contribution < -0.4 is 0 Å². The maximum atomic E-state index is 13.7. The van der Waals surface area contributed by atoms with E-state index in [1.807, 2.05) is 20.8 Å². The molecule has 0 radical (unpaired) electrons. The molecule has 0 amide bonds. The van der Waals surface area contributed by atoms with Gasteiger partial charge in [0.2, 0.25) is 0 Å². The predicted octanol–water partition coefficient (Wildman–Crippen LogP) is 13.5. The Morgan fingerprint density at radius 3 is 1.04 bits per heavy atom. The highest BCUT2D eigenvalue weighted by Crippen LogP contribution is 2.72. The molecular formula is C65H103F3O10. The first-order valence-electron chi connectivity index (χ1n) is 30.1. The van der Waals surface area contributed by atoms with Crippen LogP contribution in [0.15, 0.2) is 37.2 Å². The molecule has 0 aromatic carbocycles. The van der Waals surface area contributed by atoms with E-state index in [4.69, 9.17) is 23.7 Å². The van der Waals surface area contributed by atoms with Crippen molar-refractivity contribution in [3.63, 3.8) is 0 Å². The Labute approximate surface area is 467 Å². The molecule has 78 heavy (non-hydrogen) atoms. The van der Waals surface area contributed by atoms with Gasteiger partial charge in [-0.15, -0.1) is 0 Å². The van der Waals surface area contributed by atoms with Gasteiger partial charge in [-0.1, -0.05) is 62.3 Å². The zero-order valence-corrected chi connectivity index (χ0v) is 50.7. The van der Waals surface area contributed by atoms with E-state index in [1.54, 1.807) is 42.3 Å². The third-order valence-electron chi connectivity index (χ3n) is 26.0. The van der Waals surface area contributed by atoms with E-state index in [-0.39, 0.29) is 129 Å². The lowest BCUT2D eigenvalue weighted by Gasteiger charge is -2.62. The summed E-state index contributed by atoms with van der Waals surface area (Å²) in [7, 11) is 6.91. The molecule has 0 spiro atoms. The Morgan fingerprint density at radius 1 is 0.462 bits per heavy atom. The summed E-state index contributed by atoms with van der Waals surface area (Å²) in [6, 6.07) is 0. The molecule has 9 aliphatic carbocycles. The lowest BCUT2D eigenvalue weighted by atomic mass is 9.44. The minimum Gasteiger partial charge on any atom is -0.392 e. The number of allylic oxidation sites excluding steroid dienone is 3. The van der Waals surface area contributed by atoms with Gasteiger partial charge in [0.05, 0.1) is 55.6 Å². The van der Waals surface area contributed by atoms with Gasteiger partial charge < -0.3 is 33.9 Å². The van der Waals surface area contributed by atoms with Crippen LogP contribution in [0.3, 0.4) is 0 Å². The quantitative estimate of drug-likeness (QED) is 0.215. The summed E-state index contributed by atoms with van der Waals surface area (Å²) in [5.41, 5.74) is -4.00. The van der Waals surface area contributed by atoms with Gasteiger partial charge in [-0.25, -0.2) is 13.2 Å². The fraction of sp³-hybridized carbons (Fsp3) is 0.862. The Morgan fingerprint density at radius 2 is 0.744 bits per heavy atom. The SMILES string of the molecule is COCO[C@@H]1C[C@@](C)(C=CF)C(=O)[C@H](C)C23CC[C@@H](C)[C@]1(C)C2[C@H](OC)CC3.CO[C@@H]1CCC23CC[C@@H](C)[C@](C)(C12)[C@H](O)C[C@@](C)(/C=C/F)C(=O)[C@@H]3C.CO[C@@H]1CCC23CC[C@@H](C)[C@](C)(C12)[C@H](O)C[C@@](C)(/C=C\F)C(=O)[C@@H]3C. The Hall–Kier alpha value is -2.26. The molecule has 0 aromatic heterocycles. The molecule has 9 aliphatic rings. The van der Waals surface area contributed by atoms with Crippen LogP contribution in [0.5, 0.6) is 0 Å². The standard InChI is InChI=1S/C23H37FO4.2C21H33FO3/c1-15-7-9-23-10-8-17(27-6)19(23)22(15,4)18(28-14-26-5)13-21(3,11-12-24)20(25)16(23)2;2*1-13-6-8-21-9-7-15(25-5)17(21)20(13,4)16(23)12-19(3,10-11-22)18(24)14(21)2/h11-12,15-19H,7-10,13-14H2,1-6H3;2*10-11,13-17,23H,6-9,12H2,1-5H3/b;11-10+;11-10-/t15-,16+,17-,18-,19?,21-,22+,23?;2*13-,14+,15-,16-,17?,19-,20+,21?/m111/s1. The molecule has 9 rings (SSSR count). The highest BCUT2D eigenvalue weighted by molar-refractivity contribution is 5.90. The van der Waals surface area contributed by atoms with Gasteiger partial charge in [0, 0.05) is 78.7 Å². The number of ketones is 3. The second kappa shape index (κ2) is 23.1. The molecule has 9 saturated carbocycles. The zero-order chi connectivity index (χ0) is 58.0. The lowest BCUT2D eigenvalue weighted by molar-refractivity contribution is -0.217. The van der Waals surface area contributed by atoms with Crippen molar-refractivity contribution in [1.82, 2.24) is 0 Å². The minimum atomic E-state index is -0.949. The molecule has 0 saturated heterocycles. The zero-order valence-electron chi connectivity index (χ0n) is 50.7. The highest BCUT2D eigenvalue weighted by Gasteiger charge is 2.71. The summed E-state index contributed by atoms with van der Waals surface area (Å²) in [6.45, 7) is 25.2. The maximum absolute atomic E-state index is 13.7. The summed E-state index contributed by atoms with van der Waals surface area (Å²) < 4.78 is 68.8. The van der Waals surface area contributed by atoms with Gasteiger partial charge in [0.25, 0.3) is 0 Å². The van der Waals surface area contributed by atoms with E-state index in [9.17, 15) is 37.8 Å². The third-order valence-corrected chi connectivity index (χ3v) is 26.0. The molecule has 13 heteroatoms. The fourth-order valence-corrected chi connectivity index (χ4v) is 20.7. The second-order valence-corrected chi connectivity index (χ2v) is 28.6. The maximum Gasteiger partial charge on any atom is 0.146 e. The second-order valence-electron chi connectivity index (χ2n) is 28.6. The van der Waals surface area contributed by atoms with Crippen molar-refractivity contribution in [1.29, 1.82) is 0 Å². The lowest BCUT2D eigenvalue weighted by Crippen LogP contribution is -2.62. The van der Waals surface area contributed by atoms with E-state index < -0.39 is 28.5 Å². The van der Waals surface area contributed by atoms with E-state index in [2.05, 4.69) is 48.5 Å². The number of carbonyl (C=O) groups excluding carboxylic acids is 3. The average molecular weight is 1100 g/mol. The Balaban J connectivity index is 0.000000170. The van der Waals surface area contributed by atoms with Crippen LogP contribution in [-0.2, 0) is 38.1 Å². The molecule has 0 aromatic rings. The molecule has 6 unspecified atom stereocenters. The van der Waals surface area contributed by atoms with Crippen LogP contribution in [0.1, 0.15) is 179 Å². The van der Waals surface area contributed by atoms with E-state index in [0.29, 0.717) is 43.2 Å². The van der Waals surface area contributed by atoms with Gasteiger partial charge >= 0.3 is 0 Å². The molecule has 0 heterocycles. The molecule has 9 fully saturated rings. The van der Waals surface area contributed by atoms with Crippen LogP contribution in [0, 0.1) is 102 Å². The number of aliphatic hydroxyl groups excluding tert-OH is 2. The smallest absolute Gasteiger partial charge is 0.146 e. The largest absolute Gasteiger partial charge is 0.392 e. The number of rotatable bonds is 9. The molecule has 6 bridgehead atoms. The topological polar surface area (TPSA) is 138 Å². The summed E-state index contributed by atoms with van der Waals surface area (Å²) in [5.74, 6) is 1.51. The van der Waals surface area contributed by atoms with Crippen molar-refractivity contribution in [2.24, 2.45) is 102 Å². The summed E-state index contributed by atoms with van der Waals surface area (Å²) in [5, 5.41) is 22.6. The number of aliphatic hydroxyl groups is 2. The Bertz CT molecular complexity index is 2160. The summed E-state index contributed by atoms with van der Waals surface area (Å²) >= 11 is 0. The number of halogens is 3. The molecular weight excluding hydrogens is 998 g/mol. The van der Waals surface area contributed by atoms with Crippen molar-refractivity contribution >= 4 is 17.3 Å². The van der Waals surface area contributed by atoms with E-state index in [1.165, 1.54) is 18.2 Å². The van der Waals surface area contributed by atoms with Gasteiger partial charge in [0.15, 0.2) is 0 Å². The summed E-state index contributed by atoms with van der Waals surface area (Å²) in [4.78, 5) is 40.5. The summed E-state index contributed by atoms with van der Waals surface area (Å²) in [6.07, 6.45) is 17.3. The van der Waals surface area contributed by atoms with Crippen LogP contribution in [0.25, 0.3) is 0 Å². The highest BCUT2D eigenvalue weighted by atomic mass is 19.1. The van der Waals surface area contributed by atoms with Crippen LogP contribution in [0.4, 0.5) is 13.2 Å². The molecule has 2 N–H and O–H groups in total. The molecule has 444 valence electrons. The average Bonchev–Trinajstić information content (AvgIpc) is 4.20. The predicted molar refractivity (Wildman–Crippen MR) is 298 cm³/mol. The number of Topliss-reactive ketones (excluding diaryl/α,β-unsaturated/α-hetero) is 3. The van der Waals surface area contributed by atoms with Crippen molar-refractivity contribution < 1.29 is 61.5 Å². The molecule has 10 nitrogen and oxygen atoms in total. The monoisotopic (exact) mass is 1100 g/mol. The van der Waals surface area contributed by atoms with Gasteiger partial charge in [-0.2, -0.15) is 0 Å². The van der Waals surface area contributed by atoms with Gasteiger partial charge in [-0.05, 0) is 187 Å². The molecule has 0 aliphatic heterocycles. The first-order chi connectivity index (χ1) is 36.5. The van der Waals surface area contributed by atoms with Crippen molar-refractivity contribution in [3.8, 4) is 0 Å². The van der Waals surface area contributed by atoms with Crippen LogP contribution in [-0.4, -0.2) is 99.4 Å². The number of carbonyl (C=O) groups is 3. The molecule has 24 atom stereocenters.